The molecule has 0 aliphatic heterocycles. The van der Waals surface area contributed by atoms with Crippen molar-refractivity contribution in [2.45, 2.75) is 0 Å². The Morgan fingerprint density at radius 2 is 1.68 bits per heavy atom. The quantitative estimate of drug-likeness (QED) is 0.0822. The number of benzene rings is 4. The number of halogens is 3. The van der Waals surface area contributed by atoms with E-state index in [1.54, 1.807) is 67.8 Å². The predicted octanol–water partition coefficient (Wildman–Crippen LogP) is 7.90. The Labute approximate surface area is 247 Å². The zero-order valence-corrected chi connectivity index (χ0v) is 24.0. The number of hydrazone groups is 1. The molecule has 1 amide bonds. The lowest BCUT2D eigenvalue weighted by Crippen LogP contribution is -2.19. The summed E-state index contributed by atoms with van der Waals surface area (Å²) >= 11 is 16.5. The van der Waals surface area contributed by atoms with E-state index in [-0.39, 0.29) is 11.4 Å². The van der Waals surface area contributed by atoms with E-state index in [0.717, 1.165) is 9.86 Å². The molecule has 0 unspecified atom stereocenters. The number of ether oxygens (including phenoxy) is 2. The minimum atomic E-state index is -0.543. The Balaban J connectivity index is 1.41. The minimum Gasteiger partial charge on any atom is -0.497 e. The molecule has 4 aromatic carbocycles. The van der Waals surface area contributed by atoms with E-state index in [4.69, 9.17) is 32.7 Å². The van der Waals surface area contributed by atoms with Crippen molar-refractivity contribution in [3.8, 4) is 22.6 Å². The van der Waals surface area contributed by atoms with Crippen molar-refractivity contribution in [1.82, 2.24) is 10.4 Å². The third kappa shape index (κ3) is 5.74. The van der Waals surface area contributed by atoms with Crippen LogP contribution >= 0.6 is 39.1 Å². The maximum atomic E-state index is 13.4. The summed E-state index contributed by atoms with van der Waals surface area (Å²) in [5.41, 5.74) is 5.46. The molecule has 5 aromatic rings. The highest BCUT2D eigenvalue weighted by atomic mass is 79.9. The molecule has 2 N–H and O–H groups in total. The molecule has 0 atom stereocenters. The van der Waals surface area contributed by atoms with E-state index in [2.05, 4.69) is 31.4 Å². The van der Waals surface area contributed by atoms with Gasteiger partial charge in [0.1, 0.15) is 17.2 Å². The second-order valence-corrected chi connectivity index (χ2v) is 10.3. The summed E-state index contributed by atoms with van der Waals surface area (Å²) in [4.78, 5) is 29.1. The van der Waals surface area contributed by atoms with Crippen LogP contribution in [0.2, 0.25) is 10.0 Å². The summed E-state index contributed by atoms with van der Waals surface area (Å²) in [6, 6.07) is 24.2. The second-order valence-electron chi connectivity index (χ2n) is 8.52. The first-order chi connectivity index (χ1) is 19.4. The number of nitrogens with one attached hydrogen (secondary N) is 2. The number of aromatic amines is 1. The van der Waals surface area contributed by atoms with Gasteiger partial charge in [0.05, 0.1) is 29.4 Å². The fraction of sp³-hybridized carbons (Fsp3) is 0.0333. The second kappa shape index (κ2) is 12.0. The number of para-hydroxylation sites is 1. The van der Waals surface area contributed by atoms with E-state index in [9.17, 15) is 9.59 Å². The van der Waals surface area contributed by atoms with Gasteiger partial charge in [-0.3, -0.25) is 4.79 Å². The van der Waals surface area contributed by atoms with Gasteiger partial charge in [0, 0.05) is 31.6 Å². The number of aromatic nitrogens is 1. The van der Waals surface area contributed by atoms with Crippen LogP contribution in [0.1, 0.15) is 26.4 Å². The number of nitrogens with zero attached hydrogens (tertiary/aromatic N) is 1. The monoisotopic (exact) mass is 635 g/mol. The highest BCUT2D eigenvalue weighted by Crippen LogP contribution is 2.40. The molecule has 0 radical (unpaired) electrons. The van der Waals surface area contributed by atoms with Gasteiger partial charge in [-0.05, 0) is 54.6 Å². The summed E-state index contributed by atoms with van der Waals surface area (Å²) in [6.07, 6.45) is 1.40. The fourth-order valence-electron chi connectivity index (χ4n) is 4.12. The highest BCUT2D eigenvalue weighted by molar-refractivity contribution is 9.10. The van der Waals surface area contributed by atoms with Crippen LogP contribution in [0.5, 0.6) is 11.5 Å². The number of amides is 1. The molecular formula is C30H20BrCl2N3O4. The van der Waals surface area contributed by atoms with Gasteiger partial charge in [-0.1, -0.05) is 69.5 Å². The lowest BCUT2D eigenvalue weighted by molar-refractivity contribution is 0.0734. The molecule has 1 heterocycles. The Hall–Kier alpha value is -4.11. The Morgan fingerprint density at radius 3 is 2.42 bits per heavy atom. The summed E-state index contributed by atoms with van der Waals surface area (Å²) < 4.78 is 11.5. The van der Waals surface area contributed by atoms with Crippen LogP contribution in [-0.2, 0) is 0 Å². The van der Waals surface area contributed by atoms with Crippen molar-refractivity contribution in [1.29, 1.82) is 0 Å². The van der Waals surface area contributed by atoms with Crippen LogP contribution in [0.25, 0.3) is 22.0 Å². The smallest absolute Gasteiger partial charge is 0.343 e. The molecule has 0 aliphatic rings. The number of H-pyrrole nitrogens is 1. The number of carbonyl (C=O) groups is 2. The average Bonchev–Trinajstić information content (AvgIpc) is 3.34. The molecule has 10 heteroatoms. The van der Waals surface area contributed by atoms with Crippen LogP contribution in [0.15, 0.2) is 94.5 Å². The molecule has 7 nitrogen and oxygen atoms in total. The molecule has 0 spiro atoms. The van der Waals surface area contributed by atoms with Crippen molar-refractivity contribution in [2.75, 3.05) is 7.11 Å². The standard InChI is InChI=1S/C30H20BrCl2N3O4/c1-39-20-12-10-17(11-13-20)30(38)40-25-9-5-2-6-18(25)16-34-36-29(37)28-26(21-7-3-4-8-23(21)32)22-14-19(31)15-24(33)27(22)35-28/h2-16,35H,1H3,(H,36,37). The number of methoxy groups -OCH3 is 1. The molecule has 1 aromatic heterocycles. The first-order valence-corrected chi connectivity index (χ1v) is 13.4. The minimum absolute atomic E-state index is 0.236. The number of hydrogen-bond donors (Lipinski definition) is 2. The summed E-state index contributed by atoms with van der Waals surface area (Å²) in [5.74, 6) is -0.150. The van der Waals surface area contributed by atoms with Gasteiger partial charge in [-0.25, -0.2) is 10.2 Å². The Bertz CT molecular complexity index is 1770. The van der Waals surface area contributed by atoms with Crippen LogP contribution < -0.4 is 14.9 Å². The highest BCUT2D eigenvalue weighted by Gasteiger charge is 2.22. The summed E-state index contributed by atoms with van der Waals surface area (Å²) in [5, 5.41) is 5.76. The van der Waals surface area contributed by atoms with Gasteiger partial charge in [0.15, 0.2) is 0 Å². The van der Waals surface area contributed by atoms with E-state index < -0.39 is 11.9 Å². The van der Waals surface area contributed by atoms with Crippen LogP contribution in [0.3, 0.4) is 0 Å². The first kappa shape index (κ1) is 27.5. The lowest BCUT2D eigenvalue weighted by atomic mass is 10.0. The van der Waals surface area contributed by atoms with Crippen LogP contribution in [-0.4, -0.2) is 30.2 Å². The van der Waals surface area contributed by atoms with E-state index in [0.29, 0.717) is 43.6 Å². The maximum Gasteiger partial charge on any atom is 0.343 e. The van der Waals surface area contributed by atoms with E-state index >= 15 is 0 Å². The number of fused-ring (bicyclic) bond motifs is 1. The molecule has 0 aliphatic carbocycles. The van der Waals surface area contributed by atoms with Gasteiger partial charge < -0.3 is 14.5 Å². The Kier molecular flexibility index (Phi) is 8.21. The van der Waals surface area contributed by atoms with Crippen molar-refractivity contribution in [3.63, 3.8) is 0 Å². The maximum absolute atomic E-state index is 13.4. The van der Waals surface area contributed by atoms with Gasteiger partial charge in [0.2, 0.25) is 0 Å². The number of hydrogen-bond acceptors (Lipinski definition) is 5. The topological polar surface area (TPSA) is 92.8 Å². The van der Waals surface area contributed by atoms with Gasteiger partial charge in [-0.2, -0.15) is 5.10 Å². The molecule has 0 bridgehead atoms. The first-order valence-electron chi connectivity index (χ1n) is 11.9. The lowest BCUT2D eigenvalue weighted by Gasteiger charge is -2.08. The number of rotatable bonds is 7. The van der Waals surface area contributed by atoms with Crippen molar-refractivity contribution < 1.29 is 19.1 Å². The van der Waals surface area contributed by atoms with Gasteiger partial charge >= 0.3 is 5.97 Å². The van der Waals surface area contributed by atoms with Gasteiger partial charge in [-0.15, -0.1) is 0 Å². The third-order valence-electron chi connectivity index (χ3n) is 6.01. The van der Waals surface area contributed by atoms with Gasteiger partial charge in [0.25, 0.3) is 5.91 Å². The zero-order chi connectivity index (χ0) is 28.2. The average molecular weight is 637 g/mol. The molecular weight excluding hydrogens is 617 g/mol. The van der Waals surface area contributed by atoms with Crippen LogP contribution in [0, 0.1) is 0 Å². The largest absolute Gasteiger partial charge is 0.497 e. The molecule has 0 saturated carbocycles. The molecule has 40 heavy (non-hydrogen) atoms. The molecule has 5 rings (SSSR count). The Morgan fingerprint density at radius 1 is 0.950 bits per heavy atom. The SMILES string of the molecule is COc1ccc(C(=O)Oc2ccccc2C=NNC(=O)c2[nH]c3c(Cl)cc(Br)cc3c2-c2ccccc2Cl)cc1. The number of esters is 1. The predicted molar refractivity (Wildman–Crippen MR) is 161 cm³/mol. The molecule has 200 valence electrons. The molecule has 0 fully saturated rings. The van der Waals surface area contributed by atoms with Crippen molar-refractivity contribution in [2.24, 2.45) is 5.10 Å². The summed E-state index contributed by atoms with van der Waals surface area (Å²) in [7, 11) is 1.55. The third-order valence-corrected chi connectivity index (χ3v) is 7.10. The zero-order valence-electron chi connectivity index (χ0n) is 20.9. The summed E-state index contributed by atoms with van der Waals surface area (Å²) in [6.45, 7) is 0. The fourth-order valence-corrected chi connectivity index (χ4v) is 5.20. The van der Waals surface area contributed by atoms with E-state index in [1.807, 2.05) is 24.3 Å². The number of carbonyl (C=O) groups excluding carboxylic acids is 2. The van der Waals surface area contributed by atoms with E-state index in [1.165, 1.54) is 6.21 Å². The van der Waals surface area contributed by atoms with Crippen molar-refractivity contribution in [3.05, 3.63) is 116 Å². The normalized spacial score (nSPS) is 11.1. The van der Waals surface area contributed by atoms with Crippen molar-refractivity contribution >= 4 is 68.1 Å². The van der Waals surface area contributed by atoms with Crippen LogP contribution in [0.4, 0.5) is 0 Å². The molecule has 0 saturated heterocycles.